The molecule has 1 unspecified atom stereocenters. The lowest BCUT2D eigenvalue weighted by Gasteiger charge is -2.02. The van der Waals surface area contributed by atoms with Crippen LogP contribution in [0, 0.1) is 0 Å². The zero-order valence-corrected chi connectivity index (χ0v) is 13.3. The van der Waals surface area contributed by atoms with Crippen LogP contribution in [0.2, 0.25) is 0 Å². The quantitative estimate of drug-likeness (QED) is 0.734. The Morgan fingerprint density at radius 2 is 1.44 bits per heavy atom. The topological polar surface area (TPSA) is 78.9 Å². The normalized spacial score (nSPS) is 30.0. The van der Waals surface area contributed by atoms with Crippen molar-refractivity contribution in [2.24, 2.45) is 20.7 Å². The molecule has 0 fully saturated rings. The number of nitrogens with zero attached hydrogens (tertiary/aromatic N) is 3. The minimum Gasteiger partial charge on any atom is -0.400 e. The van der Waals surface area contributed by atoms with Crippen LogP contribution in [-0.4, -0.2) is 28.2 Å². The molecule has 5 rings (SSSR count). The van der Waals surface area contributed by atoms with Crippen LogP contribution in [0.5, 0.6) is 0 Å². The number of aromatic nitrogens is 1. The number of aromatic amines is 1. The standard InChI is InChI=1S/C20H15N5/c21-19-10-18-9-16-4-3-14(23-16)7-12-1-2-13(22-12)8-15-5-6-17(24-15)11-20(19)25-18/h1-11,20,23H,21H2/b13-8-,14-7-,16-9-,17-11-. The van der Waals surface area contributed by atoms with Gasteiger partial charge in [-0.1, -0.05) is 0 Å². The van der Waals surface area contributed by atoms with Gasteiger partial charge in [-0.05, 0) is 66.8 Å². The summed E-state index contributed by atoms with van der Waals surface area (Å²) in [6.07, 6.45) is 17.8. The molecule has 0 aliphatic carbocycles. The Bertz CT molecular complexity index is 1140. The summed E-state index contributed by atoms with van der Waals surface area (Å²) >= 11 is 0. The number of allylic oxidation sites excluding steroid dienone is 6. The molecule has 0 radical (unpaired) electrons. The Kier molecular flexibility index (Phi) is 2.94. The van der Waals surface area contributed by atoms with Crippen molar-refractivity contribution in [2.45, 2.75) is 6.04 Å². The third-order valence-electron chi connectivity index (χ3n) is 4.27. The van der Waals surface area contributed by atoms with Crippen LogP contribution in [0.1, 0.15) is 0 Å². The molecule has 4 aliphatic heterocycles. The van der Waals surface area contributed by atoms with E-state index in [2.05, 4.69) is 20.0 Å². The molecule has 0 amide bonds. The van der Waals surface area contributed by atoms with Gasteiger partial charge in [0.1, 0.15) is 6.04 Å². The van der Waals surface area contributed by atoms with Crippen LogP contribution in [0.25, 0.3) is 12.2 Å². The fourth-order valence-electron chi connectivity index (χ4n) is 3.09. The first-order chi connectivity index (χ1) is 12.2. The van der Waals surface area contributed by atoms with Crippen LogP contribution >= 0.6 is 0 Å². The van der Waals surface area contributed by atoms with E-state index < -0.39 is 0 Å². The average Bonchev–Trinajstić information content (AvgIpc) is 3.33. The van der Waals surface area contributed by atoms with Gasteiger partial charge < -0.3 is 10.7 Å². The summed E-state index contributed by atoms with van der Waals surface area (Å²) in [5.74, 6) is 0. The molecule has 0 spiro atoms. The number of aliphatic imine (C=N–C) groups is 3. The second-order valence-corrected chi connectivity index (χ2v) is 6.20. The van der Waals surface area contributed by atoms with Crippen molar-refractivity contribution >= 4 is 29.3 Å². The van der Waals surface area contributed by atoms with E-state index in [1.807, 2.05) is 66.8 Å². The predicted octanol–water partition coefficient (Wildman–Crippen LogP) is 1.04. The van der Waals surface area contributed by atoms with Gasteiger partial charge in [0.15, 0.2) is 0 Å². The minimum atomic E-state index is -0.174. The van der Waals surface area contributed by atoms with Gasteiger partial charge >= 0.3 is 0 Å². The van der Waals surface area contributed by atoms with Gasteiger partial charge in [0.25, 0.3) is 0 Å². The Morgan fingerprint density at radius 1 is 0.760 bits per heavy atom. The molecule has 25 heavy (non-hydrogen) atoms. The maximum Gasteiger partial charge on any atom is 0.110 e. The van der Waals surface area contributed by atoms with E-state index in [1.54, 1.807) is 0 Å². The fourth-order valence-corrected chi connectivity index (χ4v) is 3.09. The lowest BCUT2D eigenvalue weighted by atomic mass is 10.2. The summed E-state index contributed by atoms with van der Waals surface area (Å²) < 4.78 is 0. The molecule has 8 bridgehead atoms. The highest BCUT2D eigenvalue weighted by molar-refractivity contribution is 6.20. The number of hydrogen-bond donors (Lipinski definition) is 2. The van der Waals surface area contributed by atoms with Gasteiger partial charge in [0.2, 0.25) is 0 Å². The third-order valence-corrected chi connectivity index (χ3v) is 4.27. The van der Waals surface area contributed by atoms with Crippen molar-refractivity contribution in [1.29, 1.82) is 0 Å². The zero-order valence-electron chi connectivity index (χ0n) is 13.3. The van der Waals surface area contributed by atoms with E-state index in [4.69, 9.17) is 5.73 Å². The van der Waals surface area contributed by atoms with Crippen LogP contribution in [0.4, 0.5) is 0 Å². The van der Waals surface area contributed by atoms with Crippen LogP contribution < -0.4 is 16.4 Å². The van der Waals surface area contributed by atoms with Crippen LogP contribution in [0.3, 0.4) is 0 Å². The molecule has 5 heterocycles. The first-order valence-corrected chi connectivity index (χ1v) is 8.12. The zero-order chi connectivity index (χ0) is 16.8. The van der Waals surface area contributed by atoms with Gasteiger partial charge in [-0.2, -0.15) is 0 Å². The Labute approximate surface area is 144 Å². The molecule has 5 heteroatoms. The first-order valence-electron chi connectivity index (χ1n) is 8.12. The summed E-state index contributed by atoms with van der Waals surface area (Å²) in [6.45, 7) is 0. The summed E-state index contributed by atoms with van der Waals surface area (Å²) in [4.78, 5) is 17.3. The number of rotatable bonds is 0. The van der Waals surface area contributed by atoms with Crippen molar-refractivity contribution in [3.63, 3.8) is 0 Å². The van der Waals surface area contributed by atoms with Gasteiger partial charge in [-0.15, -0.1) is 0 Å². The highest BCUT2D eigenvalue weighted by Crippen LogP contribution is 2.19. The summed E-state index contributed by atoms with van der Waals surface area (Å²) in [5, 5.41) is 1.98. The third kappa shape index (κ3) is 2.65. The maximum absolute atomic E-state index is 6.14. The van der Waals surface area contributed by atoms with E-state index in [0.29, 0.717) is 0 Å². The van der Waals surface area contributed by atoms with Crippen molar-refractivity contribution in [2.75, 3.05) is 0 Å². The number of nitrogens with one attached hydrogen (secondary N) is 1. The Hall–Kier alpha value is -3.47. The summed E-state index contributed by atoms with van der Waals surface area (Å²) in [5.41, 5.74) is 11.3. The van der Waals surface area contributed by atoms with Crippen molar-refractivity contribution in [1.82, 2.24) is 4.98 Å². The molecular weight excluding hydrogens is 310 g/mol. The van der Waals surface area contributed by atoms with E-state index in [0.717, 1.165) is 44.9 Å². The maximum atomic E-state index is 6.14. The van der Waals surface area contributed by atoms with Gasteiger partial charge in [0, 0.05) is 16.4 Å². The Balaban J connectivity index is 1.70. The van der Waals surface area contributed by atoms with E-state index in [-0.39, 0.29) is 6.04 Å². The average molecular weight is 325 g/mol. The van der Waals surface area contributed by atoms with Crippen molar-refractivity contribution in [3.8, 4) is 0 Å². The van der Waals surface area contributed by atoms with Crippen LogP contribution in [0.15, 0.2) is 86.7 Å². The Morgan fingerprint density at radius 3 is 2.28 bits per heavy atom. The lowest BCUT2D eigenvalue weighted by Crippen LogP contribution is -2.12. The van der Waals surface area contributed by atoms with Gasteiger partial charge in [0.05, 0.1) is 28.5 Å². The van der Waals surface area contributed by atoms with Crippen LogP contribution in [-0.2, 0) is 0 Å². The molecule has 1 atom stereocenters. The highest BCUT2D eigenvalue weighted by Gasteiger charge is 2.16. The second-order valence-electron chi connectivity index (χ2n) is 6.20. The molecule has 0 saturated heterocycles. The molecular formula is C20H15N5. The summed E-state index contributed by atoms with van der Waals surface area (Å²) in [7, 11) is 0. The monoisotopic (exact) mass is 325 g/mol. The number of H-pyrrole nitrogens is 1. The minimum absolute atomic E-state index is 0.174. The smallest absolute Gasteiger partial charge is 0.110 e. The largest absolute Gasteiger partial charge is 0.400 e. The van der Waals surface area contributed by atoms with Crippen molar-refractivity contribution in [3.05, 3.63) is 82.5 Å². The first kappa shape index (κ1) is 13.9. The molecule has 1 aromatic heterocycles. The van der Waals surface area contributed by atoms with E-state index in [9.17, 15) is 0 Å². The number of hydrogen-bond acceptors (Lipinski definition) is 4. The fraction of sp³-hybridized carbons (Fsp3) is 0.0500. The molecule has 3 N–H and O–H groups in total. The lowest BCUT2D eigenvalue weighted by molar-refractivity contribution is 0.950. The molecule has 1 aromatic rings. The predicted molar refractivity (Wildman–Crippen MR) is 102 cm³/mol. The summed E-state index contributed by atoms with van der Waals surface area (Å²) in [6, 6.07) is 3.87. The second kappa shape index (κ2) is 5.27. The van der Waals surface area contributed by atoms with Crippen molar-refractivity contribution < 1.29 is 0 Å². The number of fused-ring (bicyclic) bond motifs is 5. The highest BCUT2D eigenvalue weighted by atomic mass is 14.9. The van der Waals surface area contributed by atoms with Gasteiger partial charge in [-0.25, -0.2) is 9.98 Å². The van der Waals surface area contributed by atoms with Gasteiger partial charge in [-0.3, -0.25) is 4.99 Å². The molecule has 4 aliphatic rings. The number of nitrogens with two attached hydrogens (primary N) is 1. The molecule has 5 nitrogen and oxygen atoms in total. The van der Waals surface area contributed by atoms with E-state index >= 15 is 0 Å². The molecule has 0 saturated carbocycles. The molecule has 0 aromatic carbocycles. The molecule has 120 valence electrons. The SMILES string of the molecule is NC1=CC2=NC1/C=C1/C=CC(=N1)/C=C1/C=CC(=N1)/C=c1/cc/c([nH]1)=C/2. The van der Waals surface area contributed by atoms with E-state index in [1.165, 1.54) is 0 Å².